The number of rotatable bonds is 1. The van der Waals surface area contributed by atoms with Gasteiger partial charge in [0.25, 0.3) is 0 Å². The van der Waals surface area contributed by atoms with Crippen LogP contribution < -0.4 is 0 Å². The van der Waals surface area contributed by atoms with Gasteiger partial charge in [-0.1, -0.05) is 46.9 Å². The molecule has 16 heavy (non-hydrogen) atoms. The molecule has 2 saturated carbocycles. The van der Waals surface area contributed by atoms with E-state index in [2.05, 4.69) is 6.92 Å². The summed E-state index contributed by atoms with van der Waals surface area (Å²) < 4.78 is 0. The number of hydrogen-bond acceptors (Lipinski definition) is 0. The molecule has 92 valence electrons. The molecule has 0 amide bonds. The summed E-state index contributed by atoms with van der Waals surface area (Å²) in [6.45, 7) is 2.51. The van der Waals surface area contributed by atoms with E-state index in [-0.39, 0.29) is 0 Å². The molecule has 3 rings (SSSR count). The fraction of sp³-hybridized carbons (Fsp3) is 1.00. The molecule has 1 heteroatoms. The summed E-state index contributed by atoms with van der Waals surface area (Å²) in [4.78, 5) is 0. The SMILES string of the molecule is CCP1C2(CCCC2)CCCC12CCCC2. The highest BCUT2D eigenvalue weighted by molar-refractivity contribution is 7.61. The lowest BCUT2D eigenvalue weighted by molar-refractivity contribution is 0.403. The van der Waals surface area contributed by atoms with Crippen LogP contribution in [0.1, 0.15) is 77.6 Å². The van der Waals surface area contributed by atoms with Crippen LogP contribution in [0, 0.1) is 0 Å². The van der Waals surface area contributed by atoms with Crippen molar-refractivity contribution in [1.82, 2.24) is 0 Å². The summed E-state index contributed by atoms with van der Waals surface area (Å²) in [6.07, 6.45) is 18.9. The third-order valence-corrected chi connectivity index (χ3v) is 10.1. The molecule has 0 radical (unpaired) electrons. The van der Waals surface area contributed by atoms with E-state index in [4.69, 9.17) is 0 Å². The molecular formula is C15H27P. The Hall–Kier alpha value is 0.430. The maximum Gasteiger partial charge on any atom is -0.00895 e. The van der Waals surface area contributed by atoms with Crippen molar-refractivity contribution in [2.75, 3.05) is 6.16 Å². The van der Waals surface area contributed by atoms with Gasteiger partial charge in [-0.2, -0.15) is 0 Å². The van der Waals surface area contributed by atoms with E-state index in [0.717, 1.165) is 10.3 Å². The summed E-state index contributed by atoms with van der Waals surface area (Å²) in [5.41, 5.74) is 0. The van der Waals surface area contributed by atoms with E-state index in [1.165, 1.54) is 6.16 Å². The molecule has 1 saturated heterocycles. The van der Waals surface area contributed by atoms with Crippen molar-refractivity contribution in [3.8, 4) is 0 Å². The lowest BCUT2D eigenvalue weighted by atomic mass is 9.91. The van der Waals surface area contributed by atoms with Crippen LogP contribution in [0.15, 0.2) is 0 Å². The molecule has 1 heterocycles. The van der Waals surface area contributed by atoms with Crippen LogP contribution in [-0.4, -0.2) is 16.5 Å². The Bertz CT molecular complexity index is 222. The Morgan fingerprint density at radius 1 is 0.688 bits per heavy atom. The molecule has 0 bridgehead atoms. The van der Waals surface area contributed by atoms with Gasteiger partial charge >= 0.3 is 0 Å². The third-order valence-electron chi connectivity index (χ3n) is 5.81. The van der Waals surface area contributed by atoms with E-state index in [1.54, 1.807) is 70.6 Å². The highest BCUT2D eigenvalue weighted by Crippen LogP contribution is 2.74. The Labute approximate surface area is 102 Å². The molecule has 0 aromatic rings. The summed E-state index contributed by atoms with van der Waals surface area (Å²) in [6, 6.07) is 0. The lowest BCUT2D eigenvalue weighted by Crippen LogP contribution is -2.40. The second kappa shape index (κ2) is 4.27. The minimum atomic E-state index is 0.360. The van der Waals surface area contributed by atoms with Crippen molar-refractivity contribution >= 4 is 7.92 Å². The monoisotopic (exact) mass is 238 g/mol. The van der Waals surface area contributed by atoms with Gasteiger partial charge in [0.1, 0.15) is 0 Å². The molecule has 2 spiro atoms. The third kappa shape index (κ3) is 1.59. The molecule has 0 atom stereocenters. The normalized spacial score (nSPS) is 32.8. The van der Waals surface area contributed by atoms with Crippen LogP contribution in [0.3, 0.4) is 0 Å². The van der Waals surface area contributed by atoms with E-state index in [9.17, 15) is 0 Å². The van der Waals surface area contributed by atoms with Crippen molar-refractivity contribution in [2.24, 2.45) is 0 Å². The summed E-state index contributed by atoms with van der Waals surface area (Å²) in [5, 5.41) is 1.76. The first-order valence-corrected chi connectivity index (χ1v) is 9.12. The molecule has 0 N–H and O–H groups in total. The predicted octanol–water partition coefficient (Wildman–Crippen LogP) is 5.30. The largest absolute Gasteiger partial charge is 0.0942 e. The molecular weight excluding hydrogens is 211 g/mol. The van der Waals surface area contributed by atoms with Gasteiger partial charge < -0.3 is 0 Å². The van der Waals surface area contributed by atoms with E-state index >= 15 is 0 Å². The zero-order valence-electron chi connectivity index (χ0n) is 10.9. The van der Waals surface area contributed by atoms with E-state index < -0.39 is 0 Å². The first kappa shape index (κ1) is 11.5. The molecule has 0 aromatic carbocycles. The summed E-state index contributed by atoms with van der Waals surface area (Å²) in [7, 11) is 0.360. The lowest BCUT2D eigenvalue weighted by Gasteiger charge is -2.53. The first-order valence-electron chi connectivity index (χ1n) is 7.59. The average molecular weight is 238 g/mol. The zero-order valence-corrected chi connectivity index (χ0v) is 11.8. The minimum absolute atomic E-state index is 0.360. The van der Waals surface area contributed by atoms with Gasteiger partial charge in [-0.3, -0.25) is 0 Å². The van der Waals surface area contributed by atoms with Crippen LogP contribution in [0.5, 0.6) is 0 Å². The second-order valence-corrected chi connectivity index (χ2v) is 9.85. The van der Waals surface area contributed by atoms with Crippen LogP contribution in [0.25, 0.3) is 0 Å². The smallest absolute Gasteiger partial charge is 0.00895 e. The fourth-order valence-corrected chi connectivity index (χ4v) is 10.2. The molecule has 1 aliphatic heterocycles. The summed E-state index contributed by atoms with van der Waals surface area (Å²) in [5.74, 6) is 0. The quantitative estimate of drug-likeness (QED) is 0.544. The zero-order chi connectivity index (χ0) is 11.1. The van der Waals surface area contributed by atoms with Crippen LogP contribution >= 0.6 is 7.92 Å². The second-order valence-electron chi connectivity index (χ2n) is 6.46. The standard InChI is InChI=1S/C15H27P/c1-2-16-14(8-3-4-9-14)12-7-13-15(16)10-5-6-11-15/h2-13H2,1H3. The van der Waals surface area contributed by atoms with Crippen LogP contribution in [0.4, 0.5) is 0 Å². The molecule has 3 aliphatic rings. The summed E-state index contributed by atoms with van der Waals surface area (Å²) >= 11 is 0. The molecule has 0 nitrogen and oxygen atoms in total. The van der Waals surface area contributed by atoms with Gasteiger partial charge in [0.05, 0.1) is 0 Å². The predicted molar refractivity (Wildman–Crippen MR) is 73.7 cm³/mol. The highest BCUT2D eigenvalue weighted by atomic mass is 31.1. The minimum Gasteiger partial charge on any atom is -0.0942 e. The van der Waals surface area contributed by atoms with Crippen molar-refractivity contribution in [3.63, 3.8) is 0 Å². The molecule has 0 unspecified atom stereocenters. The van der Waals surface area contributed by atoms with Crippen molar-refractivity contribution in [3.05, 3.63) is 0 Å². The van der Waals surface area contributed by atoms with Gasteiger partial charge in [-0.25, -0.2) is 0 Å². The highest BCUT2D eigenvalue weighted by Gasteiger charge is 2.53. The van der Waals surface area contributed by atoms with Crippen LogP contribution in [-0.2, 0) is 0 Å². The van der Waals surface area contributed by atoms with Crippen LogP contribution in [0.2, 0.25) is 0 Å². The Balaban J connectivity index is 1.89. The fourth-order valence-electron chi connectivity index (χ4n) is 5.30. The molecule has 0 aromatic heterocycles. The Morgan fingerprint density at radius 2 is 1.06 bits per heavy atom. The van der Waals surface area contributed by atoms with Gasteiger partial charge in [0.2, 0.25) is 0 Å². The number of hydrogen-bond donors (Lipinski definition) is 0. The average Bonchev–Trinajstić information content (AvgIpc) is 2.90. The Morgan fingerprint density at radius 3 is 1.44 bits per heavy atom. The molecule has 2 aliphatic carbocycles. The maximum absolute atomic E-state index is 2.51. The van der Waals surface area contributed by atoms with Gasteiger partial charge in [0.15, 0.2) is 0 Å². The van der Waals surface area contributed by atoms with Gasteiger partial charge in [0, 0.05) is 0 Å². The Kier molecular flexibility index (Phi) is 3.07. The first-order chi connectivity index (χ1) is 7.81. The van der Waals surface area contributed by atoms with E-state index in [1.807, 2.05) is 0 Å². The van der Waals surface area contributed by atoms with Crippen molar-refractivity contribution in [1.29, 1.82) is 0 Å². The van der Waals surface area contributed by atoms with Gasteiger partial charge in [-0.15, -0.1) is 0 Å². The van der Waals surface area contributed by atoms with Crippen molar-refractivity contribution in [2.45, 2.75) is 87.9 Å². The topological polar surface area (TPSA) is 0 Å². The van der Waals surface area contributed by atoms with E-state index in [0.29, 0.717) is 7.92 Å². The van der Waals surface area contributed by atoms with Crippen molar-refractivity contribution < 1.29 is 0 Å². The maximum atomic E-state index is 2.51. The van der Waals surface area contributed by atoms with Gasteiger partial charge in [-0.05, 0) is 55.0 Å². The molecule has 3 fully saturated rings.